The number of aliphatic hydroxyl groups is 1. The molecule has 4 fully saturated rings. The number of fused-ring (bicyclic) bond motifs is 3. The van der Waals surface area contributed by atoms with Gasteiger partial charge in [0, 0.05) is 31.4 Å². The molecule has 8 nitrogen and oxygen atoms in total. The molecule has 2 aliphatic carbocycles. The van der Waals surface area contributed by atoms with Crippen molar-refractivity contribution in [3.05, 3.63) is 28.9 Å². The molecule has 0 spiro atoms. The molecule has 176 valence electrons. The van der Waals surface area contributed by atoms with E-state index in [9.17, 15) is 18.1 Å². The first-order valence-electron chi connectivity index (χ1n) is 11.1. The summed E-state index contributed by atoms with van der Waals surface area (Å²) in [5.74, 6) is -2.20. The SMILES string of the molecule is O=[S@@]1CC(F)(F)c2nc(N3CC4CC(C3)C4c3ncc(Cl)cn3)nc(NC3(CO)CCC3)c21. The van der Waals surface area contributed by atoms with E-state index in [4.69, 9.17) is 11.6 Å². The molecule has 2 saturated heterocycles. The Morgan fingerprint density at radius 3 is 2.52 bits per heavy atom. The molecule has 5 heterocycles. The number of nitrogens with zero attached hydrogens (tertiary/aromatic N) is 5. The third-order valence-electron chi connectivity index (χ3n) is 7.49. The van der Waals surface area contributed by atoms with Crippen LogP contribution in [0.5, 0.6) is 0 Å². The van der Waals surface area contributed by atoms with Gasteiger partial charge in [-0.15, -0.1) is 0 Å². The smallest absolute Gasteiger partial charge is 0.302 e. The van der Waals surface area contributed by atoms with Crippen molar-refractivity contribution in [2.45, 2.75) is 48.0 Å². The third-order valence-corrected chi connectivity index (χ3v) is 9.15. The molecule has 7 rings (SSSR count). The molecule has 12 heteroatoms. The van der Waals surface area contributed by atoms with Crippen LogP contribution in [0.2, 0.25) is 5.02 Å². The summed E-state index contributed by atoms with van der Waals surface area (Å²) in [7, 11) is -1.90. The molecular formula is C21H23ClF2N6O2S. The lowest BCUT2D eigenvalue weighted by Crippen LogP contribution is -2.55. The van der Waals surface area contributed by atoms with Gasteiger partial charge in [-0.2, -0.15) is 13.8 Å². The van der Waals surface area contributed by atoms with Gasteiger partial charge in [-0.25, -0.2) is 15.0 Å². The molecule has 2 bridgehead atoms. The Hall–Kier alpha value is -1.98. The van der Waals surface area contributed by atoms with E-state index >= 15 is 0 Å². The first-order chi connectivity index (χ1) is 15.8. The van der Waals surface area contributed by atoms with Crippen molar-refractivity contribution < 1.29 is 18.1 Å². The van der Waals surface area contributed by atoms with Gasteiger partial charge in [-0.1, -0.05) is 11.6 Å². The molecule has 2 unspecified atom stereocenters. The lowest BCUT2D eigenvalue weighted by atomic mass is 9.61. The fourth-order valence-electron chi connectivity index (χ4n) is 5.58. The number of halogens is 3. The number of hydrogen-bond donors (Lipinski definition) is 2. The van der Waals surface area contributed by atoms with Crippen LogP contribution < -0.4 is 10.2 Å². The predicted octanol–water partition coefficient (Wildman–Crippen LogP) is 2.70. The molecule has 2 N–H and O–H groups in total. The molecular weight excluding hydrogens is 474 g/mol. The maximum absolute atomic E-state index is 14.7. The molecule has 2 aromatic rings. The van der Waals surface area contributed by atoms with Crippen molar-refractivity contribution in [1.82, 2.24) is 19.9 Å². The van der Waals surface area contributed by atoms with Crippen LogP contribution >= 0.6 is 11.6 Å². The Morgan fingerprint density at radius 1 is 1.21 bits per heavy atom. The van der Waals surface area contributed by atoms with E-state index in [1.165, 1.54) is 0 Å². The molecule has 33 heavy (non-hydrogen) atoms. The quantitative estimate of drug-likeness (QED) is 0.651. The van der Waals surface area contributed by atoms with E-state index in [1.54, 1.807) is 12.4 Å². The van der Waals surface area contributed by atoms with Crippen LogP contribution in [0.1, 0.15) is 43.1 Å². The summed E-state index contributed by atoms with van der Waals surface area (Å²) in [6.45, 7) is 1.07. The zero-order valence-electron chi connectivity index (χ0n) is 17.7. The maximum Gasteiger partial charge on any atom is 0.302 e. The zero-order chi connectivity index (χ0) is 23.0. The van der Waals surface area contributed by atoms with Crippen molar-refractivity contribution >= 4 is 34.2 Å². The predicted molar refractivity (Wildman–Crippen MR) is 118 cm³/mol. The lowest BCUT2D eigenvalue weighted by molar-refractivity contribution is 0.0190. The molecule has 5 aliphatic rings. The highest BCUT2D eigenvalue weighted by Crippen LogP contribution is 2.52. The molecule has 3 aliphatic heterocycles. The van der Waals surface area contributed by atoms with Crippen LogP contribution in [0.15, 0.2) is 17.3 Å². The monoisotopic (exact) mass is 496 g/mol. The molecule has 0 aromatic carbocycles. The minimum Gasteiger partial charge on any atom is -0.394 e. The minimum atomic E-state index is -3.28. The van der Waals surface area contributed by atoms with Gasteiger partial charge in [0.15, 0.2) is 0 Å². The van der Waals surface area contributed by atoms with E-state index in [0.717, 1.165) is 18.7 Å². The first kappa shape index (κ1) is 21.5. The summed E-state index contributed by atoms with van der Waals surface area (Å²) >= 11 is 5.91. The standard InChI is InChI=1S/C21H23ClF2N6O2S/c22-13-5-25-17(26-6-13)14-11-4-12(14)8-30(7-11)19-27-16-15(33(32)10-21(16,23)24)18(28-19)29-20(9-31)2-1-3-20/h5-6,11-12,14,31H,1-4,7-10H2,(H,27,28,29)/t11?,12?,14?,33-/m1/s1. The second-order valence-corrected chi connectivity index (χ2v) is 11.4. The summed E-state index contributed by atoms with van der Waals surface area (Å²) in [6, 6.07) is 0. The highest BCUT2D eigenvalue weighted by atomic mass is 35.5. The van der Waals surface area contributed by atoms with E-state index in [2.05, 4.69) is 25.3 Å². The fraction of sp³-hybridized carbons (Fsp3) is 0.619. The van der Waals surface area contributed by atoms with Gasteiger partial charge >= 0.3 is 5.92 Å². The van der Waals surface area contributed by atoms with Crippen molar-refractivity contribution in [3.8, 4) is 0 Å². The largest absolute Gasteiger partial charge is 0.394 e. The zero-order valence-corrected chi connectivity index (χ0v) is 19.2. The summed E-state index contributed by atoms with van der Waals surface area (Å²) < 4.78 is 42.0. The van der Waals surface area contributed by atoms with Crippen molar-refractivity contribution in [2.24, 2.45) is 11.8 Å². The number of rotatable bonds is 5. The van der Waals surface area contributed by atoms with E-state index in [-0.39, 0.29) is 41.0 Å². The minimum absolute atomic E-state index is 0.0296. The van der Waals surface area contributed by atoms with Crippen molar-refractivity contribution in [2.75, 3.05) is 35.7 Å². The normalized spacial score (nSPS) is 30.8. The van der Waals surface area contributed by atoms with Crippen LogP contribution in [-0.4, -0.2) is 60.2 Å². The summed E-state index contributed by atoms with van der Waals surface area (Å²) in [5.41, 5.74) is -1.07. The average molecular weight is 497 g/mol. The number of nitrogens with one attached hydrogen (secondary N) is 1. The fourth-order valence-corrected chi connectivity index (χ4v) is 7.01. The van der Waals surface area contributed by atoms with Gasteiger partial charge in [-0.05, 0) is 37.5 Å². The molecule has 0 amide bonds. The van der Waals surface area contributed by atoms with E-state index < -0.39 is 33.7 Å². The van der Waals surface area contributed by atoms with Gasteiger partial charge in [0.05, 0.1) is 33.7 Å². The summed E-state index contributed by atoms with van der Waals surface area (Å²) in [6.07, 6.45) is 6.54. The maximum atomic E-state index is 14.7. The number of piperidine rings is 2. The van der Waals surface area contributed by atoms with Gasteiger partial charge in [0.25, 0.3) is 0 Å². The Kier molecular flexibility index (Phi) is 4.90. The molecule has 3 atom stereocenters. The second-order valence-electron chi connectivity index (χ2n) is 9.61. The van der Waals surface area contributed by atoms with Crippen LogP contribution in [0.3, 0.4) is 0 Å². The Labute approximate surface area is 196 Å². The van der Waals surface area contributed by atoms with E-state index in [1.807, 2.05) is 4.90 Å². The Morgan fingerprint density at radius 2 is 1.91 bits per heavy atom. The number of aromatic nitrogens is 4. The van der Waals surface area contributed by atoms with Crippen LogP contribution in [0.4, 0.5) is 20.5 Å². The number of anilines is 2. The number of alkyl halides is 2. The molecule has 2 saturated carbocycles. The average Bonchev–Trinajstić information content (AvgIpc) is 3.00. The summed E-state index contributed by atoms with van der Waals surface area (Å²) in [4.78, 5) is 19.5. The second kappa shape index (κ2) is 7.51. The van der Waals surface area contributed by atoms with Gasteiger partial charge in [0.2, 0.25) is 5.95 Å². The van der Waals surface area contributed by atoms with Gasteiger partial charge in [-0.3, -0.25) is 4.21 Å². The molecule has 0 radical (unpaired) electrons. The first-order valence-corrected chi connectivity index (χ1v) is 12.8. The Bertz CT molecular complexity index is 1110. The van der Waals surface area contributed by atoms with Crippen molar-refractivity contribution in [1.29, 1.82) is 0 Å². The Balaban J connectivity index is 1.32. The number of aliphatic hydroxyl groups excluding tert-OH is 1. The number of hydrogen-bond acceptors (Lipinski definition) is 8. The van der Waals surface area contributed by atoms with Gasteiger partial charge in [0.1, 0.15) is 22.2 Å². The molecule has 2 aromatic heterocycles. The van der Waals surface area contributed by atoms with Gasteiger partial charge < -0.3 is 15.3 Å². The highest BCUT2D eigenvalue weighted by Gasteiger charge is 2.52. The van der Waals surface area contributed by atoms with Crippen LogP contribution in [0.25, 0.3) is 0 Å². The van der Waals surface area contributed by atoms with Crippen molar-refractivity contribution in [3.63, 3.8) is 0 Å². The van der Waals surface area contributed by atoms with Crippen LogP contribution in [0, 0.1) is 11.8 Å². The third kappa shape index (κ3) is 3.42. The summed E-state index contributed by atoms with van der Waals surface area (Å²) in [5, 5.41) is 13.5. The van der Waals surface area contributed by atoms with Crippen LogP contribution in [-0.2, 0) is 16.7 Å². The highest BCUT2D eigenvalue weighted by molar-refractivity contribution is 7.85. The van der Waals surface area contributed by atoms with E-state index in [0.29, 0.717) is 31.0 Å². The lowest BCUT2D eigenvalue weighted by Gasteiger charge is -2.52. The topological polar surface area (TPSA) is 104 Å².